The van der Waals surface area contributed by atoms with Crippen LogP contribution in [0, 0.1) is 34.9 Å². The first-order valence-electron chi connectivity index (χ1n) is 20.9. The molecule has 0 bridgehead atoms. The van der Waals surface area contributed by atoms with E-state index in [1.165, 1.54) is 31.2 Å². The van der Waals surface area contributed by atoms with Crippen LogP contribution in [0.1, 0.15) is 30.5 Å². The van der Waals surface area contributed by atoms with E-state index in [-0.39, 0.29) is 38.2 Å². The van der Waals surface area contributed by atoms with Gasteiger partial charge in [0, 0.05) is 50.0 Å². The monoisotopic (exact) mass is 958 g/mol. The van der Waals surface area contributed by atoms with E-state index < -0.39 is 55.0 Å². The Labute approximate surface area is 389 Å². The molecule has 0 amide bonds. The molecule has 0 heterocycles. The van der Waals surface area contributed by atoms with Crippen LogP contribution in [0.4, 0.5) is 35.1 Å². The number of allylic oxidation sites excluding steroid dienone is 10. The average Bonchev–Trinajstić information content (AvgIpc) is 3.32. The van der Waals surface area contributed by atoms with Crippen LogP contribution in [0.25, 0.3) is 27.8 Å². The third-order valence-corrected chi connectivity index (χ3v) is 17.1. The summed E-state index contributed by atoms with van der Waals surface area (Å²) in [7, 11) is -8.55. The van der Waals surface area contributed by atoms with Crippen molar-refractivity contribution in [2.75, 3.05) is 0 Å². The minimum Gasteiger partial charge on any atom is -0.309 e. The molecule has 7 aromatic rings. The number of benzene rings is 7. The molecule has 1 unspecified atom stereocenters. The summed E-state index contributed by atoms with van der Waals surface area (Å²) in [5, 5.41) is -1.17. The van der Waals surface area contributed by atoms with E-state index in [1.807, 2.05) is 67.6 Å². The van der Waals surface area contributed by atoms with Crippen LogP contribution in [-0.2, 0) is 9.13 Å². The molecule has 0 saturated heterocycles. The molecule has 0 saturated carbocycles. The third kappa shape index (κ3) is 10.7. The fourth-order valence-corrected chi connectivity index (χ4v) is 13.0. The molecule has 12 heteroatoms. The lowest BCUT2D eigenvalue weighted by Crippen LogP contribution is -2.26. The van der Waals surface area contributed by atoms with E-state index in [0.717, 1.165) is 71.3 Å². The standard InChI is InChI=1S/C56H40F8O2P2/c1-4-44(58)29-53(22-23-57)67(65,54-30-45(59)26-46(60)31-54)51-18-14-38(15-19-51)36(2)24-43(42-12-10-41(11-13-42)40-8-6-5-7-9-40)25-37(3)39-16-20-52(21-17-39)68(66,55-32-47(61)27-48(62)33-55)56-34-49(63)28-50(64)35-56/h4-35H,2H2,1,3H3/b23-22+,37-25+,43-24+,44-4+,53-29+. The topological polar surface area (TPSA) is 34.1 Å². The van der Waals surface area contributed by atoms with Gasteiger partial charge in [-0.25, -0.2) is 35.1 Å². The summed E-state index contributed by atoms with van der Waals surface area (Å²) in [6, 6.07) is 36.8. The molecule has 7 aromatic carbocycles. The van der Waals surface area contributed by atoms with Crippen LogP contribution >= 0.6 is 14.3 Å². The Morgan fingerprint density at radius 2 is 0.941 bits per heavy atom. The molecule has 0 fully saturated rings. The van der Waals surface area contributed by atoms with Gasteiger partial charge in [0.1, 0.15) is 40.7 Å². The lowest BCUT2D eigenvalue weighted by atomic mass is 9.95. The van der Waals surface area contributed by atoms with Crippen molar-refractivity contribution in [2.45, 2.75) is 13.8 Å². The van der Waals surface area contributed by atoms with Gasteiger partial charge in [0.15, 0.2) is 14.3 Å². The highest BCUT2D eigenvalue weighted by Crippen LogP contribution is 2.53. The molecular formula is C56H40F8O2P2. The van der Waals surface area contributed by atoms with Crippen molar-refractivity contribution in [2.24, 2.45) is 0 Å². The van der Waals surface area contributed by atoms with Gasteiger partial charge in [-0.05, 0) is 113 Å². The van der Waals surface area contributed by atoms with E-state index in [1.54, 1.807) is 30.3 Å². The van der Waals surface area contributed by atoms with E-state index >= 15 is 4.57 Å². The van der Waals surface area contributed by atoms with Crippen LogP contribution in [0.2, 0.25) is 0 Å². The lowest BCUT2D eigenvalue weighted by molar-refractivity contribution is 0.578. The molecule has 342 valence electrons. The van der Waals surface area contributed by atoms with E-state index in [2.05, 4.69) is 6.58 Å². The summed E-state index contributed by atoms with van der Waals surface area (Å²) >= 11 is 0. The Balaban J connectivity index is 1.30. The quantitative estimate of drug-likeness (QED) is 0.0618. The summed E-state index contributed by atoms with van der Waals surface area (Å²) in [6.45, 7) is 7.50. The Hall–Kier alpha value is -7.12. The van der Waals surface area contributed by atoms with E-state index in [9.17, 15) is 39.7 Å². The van der Waals surface area contributed by atoms with Gasteiger partial charge in [0.25, 0.3) is 0 Å². The van der Waals surface area contributed by atoms with Gasteiger partial charge in [-0.1, -0.05) is 122 Å². The zero-order valence-electron chi connectivity index (χ0n) is 36.4. The number of halogens is 8. The highest BCUT2D eigenvalue weighted by atomic mass is 31.2. The minimum atomic E-state index is -4.30. The summed E-state index contributed by atoms with van der Waals surface area (Å²) in [5.74, 6) is -6.99. The zero-order chi connectivity index (χ0) is 48.8. The molecule has 68 heavy (non-hydrogen) atoms. The highest BCUT2D eigenvalue weighted by Gasteiger charge is 2.34. The van der Waals surface area contributed by atoms with Crippen LogP contribution in [0.5, 0.6) is 0 Å². The maximum atomic E-state index is 15.0. The van der Waals surface area contributed by atoms with Crippen LogP contribution in [-0.4, -0.2) is 0 Å². The Kier molecular flexibility index (Phi) is 14.9. The molecule has 0 radical (unpaired) electrons. The van der Waals surface area contributed by atoms with Gasteiger partial charge in [-0.3, -0.25) is 0 Å². The Morgan fingerprint density at radius 3 is 1.43 bits per heavy atom. The van der Waals surface area contributed by atoms with Crippen molar-refractivity contribution < 1.29 is 44.3 Å². The van der Waals surface area contributed by atoms with E-state index in [0.29, 0.717) is 46.0 Å². The van der Waals surface area contributed by atoms with Crippen molar-refractivity contribution >= 4 is 57.5 Å². The summed E-state index contributed by atoms with van der Waals surface area (Å²) in [5.41, 5.74) is 5.69. The maximum absolute atomic E-state index is 15.0. The van der Waals surface area contributed by atoms with E-state index in [4.69, 9.17) is 0 Å². The first-order valence-corrected chi connectivity index (χ1v) is 24.3. The van der Waals surface area contributed by atoms with Crippen molar-refractivity contribution in [3.63, 3.8) is 0 Å². The molecule has 0 N–H and O–H groups in total. The third-order valence-electron chi connectivity index (χ3n) is 11.1. The van der Waals surface area contributed by atoms with Gasteiger partial charge in [0.05, 0.1) is 6.33 Å². The minimum absolute atomic E-state index is 0.0295. The molecular weight excluding hydrogens is 919 g/mol. The van der Waals surface area contributed by atoms with Crippen LogP contribution in [0.3, 0.4) is 0 Å². The van der Waals surface area contributed by atoms with Gasteiger partial charge in [-0.2, -0.15) is 0 Å². The van der Waals surface area contributed by atoms with Crippen LogP contribution in [0.15, 0.2) is 212 Å². The number of rotatable bonds is 14. The maximum Gasteiger partial charge on any atom is 0.171 e. The van der Waals surface area contributed by atoms with Gasteiger partial charge >= 0.3 is 0 Å². The molecule has 0 aliphatic carbocycles. The largest absolute Gasteiger partial charge is 0.309 e. The van der Waals surface area contributed by atoms with Gasteiger partial charge in [0.2, 0.25) is 0 Å². The average molecular weight is 959 g/mol. The molecule has 0 aliphatic heterocycles. The van der Waals surface area contributed by atoms with Gasteiger partial charge in [-0.15, -0.1) is 0 Å². The van der Waals surface area contributed by atoms with Crippen molar-refractivity contribution in [3.05, 3.63) is 264 Å². The second-order valence-corrected chi connectivity index (χ2v) is 21.2. The first-order chi connectivity index (χ1) is 32.5. The second kappa shape index (κ2) is 20.8. The Bertz CT molecular complexity index is 3170. The highest BCUT2D eigenvalue weighted by molar-refractivity contribution is 7.85. The SMILES string of the molecule is C=C(/C=C(\C=C(/C)c1ccc(P(=O)(c2cc(F)cc(F)c2)c2cc(F)cc(F)c2)cc1)c1ccc(-c2ccccc2)cc1)c1ccc(P(=O)(C(/C=C/F)=C/C(F)=C\C)c2cc(F)cc(F)c2)cc1. The molecule has 0 aromatic heterocycles. The predicted octanol–water partition coefficient (Wildman–Crippen LogP) is 14.6. The smallest absolute Gasteiger partial charge is 0.171 e. The summed E-state index contributed by atoms with van der Waals surface area (Å²) in [4.78, 5) is 0. The van der Waals surface area contributed by atoms with Crippen molar-refractivity contribution in [3.8, 4) is 11.1 Å². The Morgan fingerprint density at radius 1 is 0.500 bits per heavy atom. The molecule has 1 atom stereocenters. The summed E-state index contributed by atoms with van der Waals surface area (Å²) < 4.78 is 146. The normalized spacial score (nSPS) is 13.7. The van der Waals surface area contributed by atoms with Crippen LogP contribution < -0.4 is 26.5 Å². The molecule has 0 aliphatic rings. The number of hydrogen-bond acceptors (Lipinski definition) is 2. The number of hydrogen-bond donors (Lipinski definition) is 0. The predicted molar refractivity (Wildman–Crippen MR) is 261 cm³/mol. The second-order valence-electron chi connectivity index (χ2n) is 15.6. The van der Waals surface area contributed by atoms with Gasteiger partial charge < -0.3 is 9.13 Å². The zero-order valence-corrected chi connectivity index (χ0v) is 38.2. The fraction of sp³-hybridized carbons (Fsp3) is 0.0357. The van der Waals surface area contributed by atoms with Crippen molar-refractivity contribution in [1.82, 2.24) is 0 Å². The molecule has 7 rings (SSSR count). The first kappa shape index (κ1) is 48.8. The summed E-state index contributed by atoms with van der Waals surface area (Å²) in [6.07, 6.45) is 6.44. The molecule has 0 spiro atoms. The lowest BCUT2D eigenvalue weighted by Gasteiger charge is -2.21. The fourth-order valence-electron chi connectivity index (χ4n) is 7.69. The molecule has 2 nitrogen and oxygen atoms in total. The van der Waals surface area contributed by atoms with Crippen molar-refractivity contribution in [1.29, 1.82) is 0 Å².